The van der Waals surface area contributed by atoms with Crippen LogP contribution in [0.15, 0.2) is 48.9 Å². The standard InChI is InChI=1S/C25H25FN4O/c1-15(2)23-21(12-28-14-29-23)19-9-18(17-6-7-22(26)16(3)8-17)10-20(11-19)24(31)30-25(4,5)13-27/h6-12,14-15H,1-5H3,(H,30,31). The van der Waals surface area contributed by atoms with Crippen LogP contribution in [-0.2, 0) is 0 Å². The maximum Gasteiger partial charge on any atom is 0.252 e. The van der Waals surface area contributed by atoms with Crippen molar-refractivity contribution in [2.75, 3.05) is 0 Å². The van der Waals surface area contributed by atoms with Crippen LogP contribution in [0.2, 0.25) is 0 Å². The fourth-order valence-electron chi connectivity index (χ4n) is 3.31. The number of nitrogens with one attached hydrogen (secondary N) is 1. The molecule has 0 saturated carbocycles. The average molecular weight is 417 g/mol. The van der Waals surface area contributed by atoms with Gasteiger partial charge in [-0.25, -0.2) is 14.4 Å². The minimum absolute atomic E-state index is 0.157. The van der Waals surface area contributed by atoms with E-state index in [0.717, 1.165) is 27.9 Å². The van der Waals surface area contributed by atoms with E-state index in [1.165, 1.54) is 12.4 Å². The van der Waals surface area contributed by atoms with Crippen LogP contribution in [0.3, 0.4) is 0 Å². The molecule has 158 valence electrons. The highest BCUT2D eigenvalue weighted by atomic mass is 19.1. The molecule has 0 spiro atoms. The number of halogens is 1. The van der Waals surface area contributed by atoms with Crippen LogP contribution >= 0.6 is 0 Å². The Balaban J connectivity index is 2.21. The van der Waals surface area contributed by atoms with Gasteiger partial charge in [0.15, 0.2) is 0 Å². The maximum atomic E-state index is 13.8. The topological polar surface area (TPSA) is 78.7 Å². The highest BCUT2D eigenvalue weighted by Crippen LogP contribution is 2.32. The number of nitrogens with zero attached hydrogens (tertiary/aromatic N) is 3. The van der Waals surface area contributed by atoms with E-state index in [2.05, 4.69) is 21.4 Å². The number of amides is 1. The molecule has 0 unspecified atom stereocenters. The fraction of sp³-hybridized carbons (Fsp3) is 0.280. The molecule has 1 N–H and O–H groups in total. The van der Waals surface area contributed by atoms with Crippen LogP contribution in [0.4, 0.5) is 4.39 Å². The van der Waals surface area contributed by atoms with Crippen molar-refractivity contribution in [3.05, 3.63) is 71.6 Å². The predicted molar refractivity (Wildman–Crippen MR) is 119 cm³/mol. The van der Waals surface area contributed by atoms with E-state index < -0.39 is 5.54 Å². The van der Waals surface area contributed by atoms with Crippen LogP contribution in [-0.4, -0.2) is 21.4 Å². The summed E-state index contributed by atoms with van der Waals surface area (Å²) in [4.78, 5) is 21.6. The fourth-order valence-corrected chi connectivity index (χ4v) is 3.31. The SMILES string of the molecule is Cc1cc(-c2cc(C(=O)NC(C)(C)C#N)cc(-c3cncnc3C(C)C)c2)ccc1F. The molecule has 1 heterocycles. The molecule has 0 radical (unpaired) electrons. The van der Waals surface area contributed by atoms with Crippen molar-refractivity contribution >= 4 is 5.91 Å². The molecule has 2 aromatic carbocycles. The van der Waals surface area contributed by atoms with Gasteiger partial charge in [-0.05, 0) is 79.3 Å². The van der Waals surface area contributed by atoms with Gasteiger partial charge in [-0.15, -0.1) is 0 Å². The van der Waals surface area contributed by atoms with Crippen LogP contribution in [0.25, 0.3) is 22.3 Å². The second-order valence-electron chi connectivity index (χ2n) is 8.43. The molecule has 0 atom stereocenters. The normalized spacial score (nSPS) is 11.3. The van der Waals surface area contributed by atoms with E-state index in [9.17, 15) is 14.4 Å². The second-order valence-corrected chi connectivity index (χ2v) is 8.43. The van der Waals surface area contributed by atoms with Gasteiger partial charge < -0.3 is 5.32 Å². The quantitative estimate of drug-likeness (QED) is 0.603. The first kappa shape index (κ1) is 22.1. The van der Waals surface area contributed by atoms with Crippen molar-refractivity contribution < 1.29 is 9.18 Å². The van der Waals surface area contributed by atoms with E-state index in [4.69, 9.17) is 0 Å². The van der Waals surface area contributed by atoms with Crippen LogP contribution in [0, 0.1) is 24.1 Å². The molecular formula is C25H25FN4O. The highest BCUT2D eigenvalue weighted by molar-refractivity contribution is 5.98. The minimum atomic E-state index is -1.02. The summed E-state index contributed by atoms with van der Waals surface area (Å²) in [6.07, 6.45) is 3.24. The molecule has 0 aliphatic heterocycles. The summed E-state index contributed by atoms with van der Waals surface area (Å²) in [5.41, 5.74) is 3.93. The Bertz CT molecular complexity index is 1180. The Labute approximate surface area is 182 Å². The Morgan fingerprint density at radius 1 is 1.13 bits per heavy atom. The zero-order valence-corrected chi connectivity index (χ0v) is 18.3. The van der Waals surface area contributed by atoms with E-state index >= 15 is 0 Å². The number of carbonyl (C=O) groups excluding carboxylic acids is 1. The molecule has 0 fully saturated rings. The maximum absolute atomic E-state index is 13.8. The monoisotopic (exact) mass is 416 g/mol. The van der Waals surface area contributed by atoms with Crippen molar-refractivity contribution in [2.24, 2.45) is 0 Å². The largest absolute Gasteiger partial charge is 0.334 e. The van der Waals surface area contributed by atoms with Crippen LogP contribution in [0.1, 0.15) is 55.2 Å². The molecule has 6 heteroatoms. The molecule has 5 nitrogen and oxygen atoms in total. The van der Waals surface area contributed by atoms with Gasteiger partial charge in [0, 0.05) is 17.3 Å². The predicted octanol–water partition coefficient (Wildman–Crippen LogP) is 5.41. The molecule has 1 aromatic heterocycles. The van der Waals surface area contributed by atoms with Crippen LogP contribution < -0.4 is 5.32 Å². The molecular weight excluding hydrogens is 391 g/mol. The van der Waals surface area contributed by atoms with Gasteiger partial charge in [0.1, 0.15) is 17.7 Å². The number of hydrogen-bond donors (Lipinski definition) is 1. The van der Waals surface area contributed by atoms with Crippen molar-refractivity contribution in [2.45, 2.75) is 46.1 Å². The van der Waals surface area contributed by atoms with E-state index in [-0.39, 0.29) is 17.6 Å². The Morgan fingerprint density at radius 3 is 2.48 bits per heavy atom. The van der Waals surface area contributed by atoms with Crippen molar-refractivity contribution in [1.29, 1.82) is 5.26 Å². The number of aryl methyl sites for hydroxylation is 1. The van der Waals surface area contributed by atoms with Gasteiger partial charge in [0.05, 0.1) is 11.8 Å². The smallest absolute Gasteiger partial charge is 0.252 e. The highest BCUT2D eigenvalue weighted by Gasteiger charge is 2.22. The van der Waals surface area contributed by atoms with Gasteiger partial charge in [0.25, 0.3) is 5.91 Å². The number of nitriles is 1. The Kier molecular flexibility index (Phi) is 6.16. The van der Waals surface area contributed by atoms with Crippen molar-refractivity contribution in [3.63, 3.8) is 0 Å². The Morgan fingerprint density at radius 2 is 1.84 bits per heavy atom. The van der Waals surface area contributed by atoms with Gasteiger partial charge in [-0.3, -0.25) is 4.79 Å². The van der Waals surface area contributed by atoms with Crippen molar-refractivity contribution in [3.8, 4) is 28.3 Å². The van der Waals surface area contributed by atoms with E-state index in [1.54, 1.807) is 51.2 Å². The summed E-state index contributed by atoms with van der Waals surface area (Å²) in [6, 6.07) is 12.4. The van der Waals surface area contributed by atoms with E-state index in [0.29, 0.717) is 11.1 Å². The summed E-state index contributed by atoms with van der Waals surface area (Å²) >= 11 is 0. The van der Waals surface area contributed by atoms with Gasteiger partial charge in [0.2, 0.25) is 0 Å². The summed E-state index contributed by atoms with van der Waals surface area (Å²) in [7, 11) is 0. The number of rotatable bonds is 5. The zero-order valence-electron chi connectivity index (χ0n) is 18.3. The van der Waals surface area contributed by atoms with Crippen molar-refractivity contribution in [1.82, 2.24) is 15.3 Å². The molecule has 0 aliphatic carbocycles. The van der Waals surface area contributed by atoms with Gasteiger partial charge in [-0.2, -0.15) is 5.26 Å². The second kappa shape index (κ2) is 8.65. The average Bonchev–Trinajstić information content (AvgIpc) is 2.75. The lowest BCUT2D eigenvalue weighted by molar-refractivity contribution is 0.0929. The number of benzene rings is 2. The lowest BCUT2D eigenvalue weighted by Crippen LogP contribution is -2.42. The summed E-state index contributed by atoms with van der Waals surface area (Å²) in [5, 5.41) is 12.0. The van der Waals surface area contributed by atoms with Crippen LogP contribution in [0.5, 0.6) is 0 Å². The first-order chi connectivity index (χ1) is 14.6. The first-order valence-electron chi connectivity index (χ1n) is 10.1. The lowest BCUT2D eigenvalue weighted by Gasteiger charge is -2.19. The molecule has 1 amide bonds. The Hall–Kier alpha value is -3.59. The minimum Gasteiger partial charge on any atom is -0.334 e. The lowest BCUT2D eigenvalue weighted by atomic mass is 9.92. The third-order valence-electron chi connectivity index (χ3n) is 4.99. The molecule has 0 aliphatic rings. The molecule has 3 aromatic rings. The molecule has 0 saturated heterocycles. The third kappa shape index (κ3) is 4.95. The molecule has 3 rings (SSSR count). The summed E-state index contributed by atoms with van der Waals surface area (Å²) in [6.45, 7) is 9.07. The number of hydrogen-bond acceptors (Lipinski definition) is 4. The van der Waals surface area contributed by atoms with E-state index in [1.807, 2.05) is 19.9 Å². The van der Waals surface area contributed by atoms with Gasteiger partial charge >= 0.3 is 0 Å². The molecule has 31 heavy (non-hydrogen) atoms. The number of carbonyl (C=O) groups is 1. The van der Waals surface area contributed by atoms with Gasteiger partial charge in [-0.1, -0.05) is 19.9 Å². The summed E-state index contributed by atoms with van der Waals surface area (Å²) < 4.78 is 13.8. The molecule has 0 bridgehead atoms. The summed E-state index contributed by atoms with van der Waals surface area (Å²) in [5.74, 6) is -0.492. The third-order valence-corrected chi connectivity index (χ3v) is 4.99. The number of aromatic nitrogens is 2. The zero-order chi connectivity index (χ0) is 22.8. The first-order valence-corrected chi connectivity index (χ1v) is 10.1.